The minimum atomic E-state index is -4.73. The number of hydrogen-bond acceptors (Lipinski definition) is 13. The lowest BCUT2D eigenvalue weighted by molar-refractivity contribution is -0.274. The molecule has 0 spiro atoms. The van der Waals surface area contributed by atoms with Crippen molar-refractivity contribution in [2.24, 2.45) is 23.3 Å². The van der Waals surface area contributed by atoms with Crippen LogP contribution in [0.2, 0.25) is 0 Å². The number of nitrogens with zero attached hydrogens (tertiary/aromatic N) is 4. The van der Waals surface area contributed by atoms with Crippen LogP contribution in [0.4, 0.5) is 27.2 Å². The summed E-state index contributed by atoms with van der Waals surface area (Å²) in [6, 6.07) is 13.8. The molecule has 4 aromatic rings. The summed E-state index contributed by atoms with van der Waals surface area (Å²) in [5, 5.41) is 6.95. The number of amides is 4. The standard InChI is InChI=1S/C20H22F3N3O6.C19H22FN3O5/c21-20(22,23)31-15-3-1-14(2-4-15)29-10-7-13-5-8-26(9-6-13)19(28)30-12-16-11-17(18(24)27)25-32-16;20-14-1-3-15(4-2-14)26-10-7-13-5-8-23(9-6-13)19(25)27-12-16-11-17(18(21)24)22-28-16/h1-4,11,13H,5-10,12H2,(H2,24,27);1-4,11,13H,5-10,12H2,(H2,21,24). The van der Waals surface area contributed by atoms with Gasteiger partial charge in [0.1, 0.15) is 23.1 Å². The Morgan fingerprint density at radius 2 is 1.03 bits per heavy atom. The molecule has 0 aliphatic carbocycles. The van der Waals surface area contributed by atoms with E-state index in [0.29, 0.717) is 62.7 Å². The topological polar surface area (TPSA) is 225 Å². The summed E-state index contributed by atoms with van der Waals surface area (Å²) in [4.78, 5) is 49.5. The Morgan fingerprint density at radius 3 is 1.40 bits per heavy atom. The van der Waals surface area contributed by atoms with E-state index < -0.39 is 30.4 Å². The van der Waals surface area contributed by atoms with Crippen LogP contribution in [-0.2, 0) is 22.7 Å². The second-order valence-electron chi connectivity index (χ2n) is 13.8. The number of aromatic nitrogens is 2. The first-order valence-corrected chi connectivity index (χ1v) is 18.9. The van der Waals surface area contributed by atoms with Crippen LogP contribution in [0.1, 0.15) is 71.0 Å². The van der Waals surface area contributed by atoms with Gasteiger partial charge in [0.15, 0.2) is 36.1 Å². The Bertz CT molecular complexity index is 1990. The fraction of sp³-hybridized carbons (Fsp3) is 0.436. The van der Waals surface area contributed by atoms with E-state index in [0.717, 1.165) is 38.5 Å². The summed E-state index contributed by atoms with van der Waals surface area (Å²) in [6.45, 7) is 2.94. The molecule has 4 heterocycles. The highest BCUT2D eigenvalue weighted by atomic mass is 19.4. The third-order valence-corrected chi connectivity index (χ3v) is 9.50. The number of rotatable bonds is 15. The van der Waals surface area contributed by atoms with Gasteiger partial charge in [0.05, 0.1) is 13.2 Å². The molecule has 2 saturated heterocycles. The first-order valence-electron chi connectivity index (χ1n) is 18.9. The lowest BCUT2D eigenvalue weighted by atomic mass is 9.94. The quantitative estimate of drug-likeness (QED) is 0.127. The molecule has 4 N–H and O–H groups in total. The van der Waals surface area contributed by atoms with Gasteiger partial charge in [-0.1, -0.05) is 10.3 Å². The number of benzene rings is 2. The lowest BCUT2D eigenvalue weighted by Crippen LogP contribution is -2.39. The van der Waals surface area contributed by atoms with Gasteiger partial charge < -0.3 is 54.0 Å². The zero-order chi connectivity index (χ0) is 43.1. The van der Waals surface area contributed by atoms with Crippen LogP contribution in [0.25, 0.3) is 0 Å². The number of halogens is 4. The van der Waals surface area contributed by atoms with Crippen molar-refractivity contribution in [1.82, 2.24) is 20.1 Å². The SMILES string of the molecule is NC(=O)c1cc(COC(=O)N2CCC(CCOc3ccc(F)cc3)CC2)on1.NC(=O)c1cc(COC(=O)N2CCC(CCOc3ccc(OC(F)(F)F)cc3)CC2)on1. The number of ether oxygens (including phenoxy) is 5. The monoisotopic (exact) mass is 848 g/mol. The third-order valence-electron chi connectivity index (χ3n) is 9.50. The number of primary amides is 2. The van der Waals surface area contributed by atoms with Gasteiger partial charge in [-0.15, -0.1) is 13.2 Å². The first-order chi connectivity index (χ1) is 28.7. The van der Waals surface area contributed by atoms with Crippen molar-refractivity contribution < 1.29 is 69.5 Å². The Balaban J connectivity index is 0.000000230. The summed E-state index contributed by atoms with van der Waals surface area (Å²) < 4.78 is 84.5. The number of hydrogen-bond donors (Lipinski definition) is 2. The van der Waals surface area contributed by atoms with Crippen molar-refractivity contribution >= 4 is 24.0 Å². The predicted octanol–water partition coefficient (Wildman–Crippen LogP) is 6.22. The maximum Gasteiger partial charge on any atom is 0.573 e. The largest absolute Gasteiger partial charge is 0.573 e. The number of carbonyl (C=O) groups excluding carboxylic acids is 4. The molecule has 0 atom stereocenters. The summed E-state index contributed by atoms with van der Waals surface area (Å²) in [7, 11) is 0. The fourth-order valence-electron chi connectivity index (χ4n) is 6.21. The van der Waals surface area contributed by atoms with E-state index in [1.807, 2.05) is 0 Å². The zero-order valence-corrected chi connectivity index (χ0v) is 32.3. The minimum absolute atomic E-state index is 0.00489. The summed E-state index contributed by atoms with van der Waals surface area (Å²) >= 11 is 0. The number of carbonyl (C=O) groups is 4. The van der Waals surface area contributed by atoms with E-state index in [1.54, 1.807) is 21.9 Å². The molecule has 21 heteroatoms. The van der Waals surface area contributed by atoms with Crippen LogP contribution in [0, 0.1) is 17.7 Å². The molecule has 0 radical (unpaired) electrons. The van der Waals surface area contributed by atoms with E-state index >= 15 is 0 Å². The fourth-order valence-corrected chi connectivity index (χ4v) is 6.21. The molecule has 2 aliphatic heterocycles. The average Bonchev–Trinajstić information content (AvgIpc) is 3.92. The molecule has 0 saturated carbocycles. The summed E-state index contributed by atoms with van der Waals surface area (Å²) in [6.07, 6.45) is -0.780. The summed E-state index contributed by atoms with van der Waals surface area (Å²) in [5.74, 6) is 0.353. The molecule has 6 rings (SSSR count). The highest BCUT2D eigenvalue weighted by molar-refractivity contribution is 5.91. The highest BCUT2D eigenvalue weighted by Crippen LogP contribution is 2.27. The highest BCUT2D eigenvalue weighted by Gasteiger charge is 2.31. The third kappa shape index (κ3) is 14.7. The van der Waals surface area contributed by atoms with Gasteiger partial charge in [-0.05, 0) is 98.9 Å². The molecule has 324 valence electrons. The zero-order valence-electron chi connectivity index (χ0n) is 32.3. The molecule has 2 aromatic carbocycles. The molecule has 4 amide bonds. The predicted molar refractivity (Wildman–Crippen MR) is 199 cm³/mol. The Kier molecular flexibility index (Phi) is 15.9. The smallest absolute Gasteiger partial charge is 0.494 e. The first kappa shape index (κ1) is 44.6. The van der Waals surface area contributed by atoms with Crippen LogP contribution in [0.5, 0.6) is 17.2 Å². The van der Waals surface area contributed by atoms with Gasteiger partial charge in [-0.25, -0.2) is 14.0 Å². The molecule has 2 aromatic heterocycles. The molecule has 0 bridgehead atoms. The number of nitrogens with two attached hydrogens (primary N) is 2. The molecular formula is C39H44F4N6O11. The summed E-state index contributed by atoms with van der Waals surface area (Å²) in [5.41, 5.74) is 10.1. The van der Waals surface area contributed by atoms with Crippen LogP contribution in [-0.4, -0.2) is 89.9 Å². The van der Waals surface area contributed by atoms with E-state index in [2.05, 4.69) is 15.1 Å². The normalized spacial score (nSPS) is 14.7. The number of likely N-dealkylation sites (tertiary alicyclic amines) is 2. The van der Waals surface area contributed by atoms with Crippen molar-refractivity contribution in [3.63, 3.8) is 0 Å². The maximum absolute atomic E-state index is 12.9. The van der Waals surface area contributed by atoms with Crippen LogP contribution < -0.4 is 25.7 Å². The van der Waals surface area contributed by atoms with E-state index in [1.165, 1.54) is 48.5 Å². The molecule has 2 fully saturated rings. The van der Waals surface area contributed by atoms with Gasteiger partial charge in [0.2, 0.25) is 0 Å². The van der Waals surface area contributed by atoms with Crippen molar-refractivity contribution in [3.8, 4) is 17.2 Å². The van der Waals surface area contributed by atoms with E-state index in [9.17, 15) is 36.7 Å². The van der Waals surface area contributed by atoms with Crippen molar-refractivity contribution in [1.29, 1.82) is 0 Å². The Morgan fingerprint density at radius 1 is 0.650 bits per heavy atom. The number of alkyl halides is 3. The van der Waals surface area contributed by atoms with Gasteiger partial charge in [-0.2, -0.15) is 0 Å². The number of piperidine rings is 2. The van der Waals surface area contributed by atoms with Crippen molar-refractivity contribution in [2.45, 2.75) is 58.1 Å². The van der Waals surface area contributed by atoms with E-state index in [-0.39, 0.29) is 47.7 Å². The van der Waals surface area contributed by atoms with Crippen molar-refractivity contribution in [3.05, 3.63) is 89.4 Å². The Hall–Kier alpha value is -6.54. The molecule has 17 nitrogen and oxygen atoms in total. The minimum Gasteiger partial charge on any atom is -0.494 e. The van der Waals surface area contributed by atoms with Gasteiger partial charge in [0, 0.05) is 38.3 Å². The van der Waals surface area contributed by atoms with Crippen LogP contribution >= 0.6 is 0 Å². The average molecular weight is 849 g/mol. The van der Waals surface area contributed by atoms with E-state index in [4.69, 9.17) is 39.5 Å². The lowest BCUT2D eigenvalue weighted by Gasteiger charge is -2.31. The maximum atomic E-state index is 12.9. The second kappa shape index (κ2) is 21.5. The molecular weight excluding hydrogens is 804 g/mol. The van der Waals surface area contributed by atoms with Crippen LogP contribution in [0.3, 0.4) is 0 Å². The van der Waals surface area contributed by atoms with Gasteiger partial charge >= 0.3 is 18.5 Å². The molecule has 2 aliphatic rings. The molecule has 60 heavy (non-hydrogen) atoms. The molecule has 0 unspecified atom stereocenters. The van der Waals surface area contributed by atoms with Crippen molar-refractivity contribution in [2.75, 3.05) is 39.4 Å². The Labute approximate surface area is 340 Å². The van der Waals surface area contributed by atoms with Gasteiger partial charge in [0.25, 0.3) is 11.8 Å². The van der Waals surface area contributed by atoms with Gasteiger partial charge in [-0.3, -0.25) is 9.59 Å². The second-order valence-corrected chi connectivity index (χ2v) is 13.8. The van der Waals surface area contributed by atoms with Crippen LogP contribution in [0.15, 0.2) is 69.7 Å².